The molecule has 7 nitrogen and oxygen atoms in total. The summed E-state index contributed by atoms with van der Waals surface area (Å²) in [6.07, 6.45) is 4.28. The van der Waals surface area contributed by atoms with E-state index in [-0.39, 0.29) is 23.1 Å². The second kappa shape index (κ2) is 6.07. The molecular weight excluding hydrogens is 274 g/mol. The van der Waals surface area contributed by atoms with Crippen molar-refractivity contribution in [3.8, 4) is 0 Å². The standard InChI is InChI=1S/C14H19N3O4/c1-8-4-3-5-12(9(8)2)16-13-11(14(18)19)6-10(7-15-13)17(20)21/h6-9,12H,3-5H2,1-2H3,(H,15,16)(H,18,19). The molecule has 0 aromatic carbocycles. The average molecular weight is 293 g/mol. The molecular formula is C14H19N3O4. The summed E-state index contributed by atoms with van der Waals surface area (Å²) in [5.41, 5.74) is -0.474. The summed E-state index contributed by atoms with van der Waals surface area (Å²) in [5, 5.41) is 23.1. The summed E-state index contributed by atoms with van der Waals surface area (Å²) < 4.78 is 0. The largest absolute Gasteiger partial charge is 0.478 e. The van der Waals surface area contributed by atoms with Gasteiger partial charge in [-0.3, -0.25) is 10.1 Å². The van der Waals surface area contributed by atoms with Crippen LogP contribution in [0.4, 0.5) is 11.5 Å². The lowest BCUT2D eigenvalue weighted by Gasteiger charge is -2.35. The molecule has 0 aliphatic heterocycles. The first-order valence-corrected chi connectivity index (χ1v) is 7.04. The molecule has 21 heavy (non-hydrogen) atoms. The van der Waals surface area contributed by atoms with Crippen molar-refractivity contribution in [1.29, 1.82) is 0 Å². The van der Waals surface area contributed by atoms with E-state index in [1.807, 2.05) is 0 Å². The highest BCUT2D eigenvalue weighted by molar-refractivity contribution is 5.93. The molecule has 114 valence electrons. The number of hydrogen-bond donors (Lipinski definition) is 2. The van der Waals surface area contributed by atoms with Gasteiger partial charge < -0.3 is 10.4 Å². The maximum Gasteiger partial charge on any atom is 0.339 e. The molecule has 0 radical (unpaired) electrons. The molecule has 1 fully saturated rings. The number of rotatable bonds is 4. The van der Waals surface area contributed by atoms with Crippen LogP contribution in [-0.2, 0) is 0 Å². The fourth-order valence-electron chi connectivity index (χ4n) is 2.79. The third kappa shape index (κ3) is 3.29. The average Bonchev–Trinajstić information content (AvgIpc) is 2.43. The maximum atomic E-state index is 11.3. The zero-order valence-corrected chi connectivity index (χ0v) is 12.1. The van der Waals surface area contributed by atoms with Crippen molar-refractivity contribution in [2.24, 2.45) is 11.8 Å². The normalized spacial score (nSPS) is 25.3. The van der Waals surface area contributed by atoms with Crippen LogP contribution in [0.3, 0.4) is 0 Å². The molecule has 1 saturated carbocycles. The molecule has 7 heteroatoms. The van der Waals surface area contributed by atoms with Crippen molar-refractivity contribution in [2.75, 3.05) is 5.32 Å². The highest BCUT2D eigenvalue weighted by atomic mass is 16.6. The Balaban J connectivity index is 2.27. The predicted octanol–water partition coefficient (Wildman–Crippen LogP) is 2.92. The number of carboxylic acids is 1. The minimum absolute atomic E-state index is 0.140. The van der Waals surface area contributed by atoms with Gasteiger partial charge in [-0.2, -0.15) is 0 Å². The first-order valence-electron chi connectivity index (χ1n) is 7.04. The molecule has 0 saturated heterocycles. The maximum absolute atomic E-state index is 11.3. The van der Waals surface area contributed by atoms with Crippen LogP contribution in [-0.4, -0.2) is 27.0 Å². The Morgan fingerprint density at radius 3 is 2.81 bits per heavy atom. The number of aromatic nitrogens is 1. The molecule has 1 aromatic rings. The fraction of sp³-hybridized carbons (Fsp3) is 0.571. The summed E-state index contributed by atoms with van der Waals surface area (Å²) in [6.45, 7) is 4.31. The van der Waals surface area contributed by atoms with Crippen molar-refractivity contribution in [3.63, 3.8) is 0 Å². The number of nitro groups is 1. The summed E-state index contributed by atoms with van der Waals surface area (Å²) in [6, 6.07) is 1.19. The molecule has 1 aliphatic rings. The van der Waals surface area contributed by atoms with Crippen LogP contribution >= 0.6 is 0 Å². The number of anilines is 1. The van der Waals surface area contributed by atoms with E-state index in [0.717, 1.165) is 25.1 Å². The Bertz CT molecular complexity index is 561. The second-order valence-electron chi connectivity index (χ2n) is 5.67. The molecule has 1 aliphatic carbocycles. The molecule has 0 amide bonds. The molecule has 1 aromatic heterocycles. The van der Waals surface area contributed by atoms with Gasteiger partial charge in [0.05, 0.1) is 4.92 Å². The molecule has 2 N–H and O–H groups in total. The summed E-state index contributed by atoms with van der Waals surface area (Å²) in [4.78, 5) is 25.3. The first-order chi connectivity index (χ1) is 9.90. The fourth-order valence-corrected chi connectivity index (χ4v) is 2.79. The Kier molecular flexibility index (Phi) is 4.40. The molecule has 3 atom stereocenters. The Hall–Kier alpha value is -2.18. The Labute approximate surface area is 122 Å². The highest BCUT2D eigenvalue weighted by Gasteiger charge is 2.28. The van der Waals surface area contributed by atoms with Crippen molar-refractivity contribution in [3.05, 3.63) is 27.9 Å². The van der Waals surface area contributed by atoms with Gasteiger partial charge >= 0.3 is 5.97 Å². The summed E-state index contributed by atoms with van der Waals surface area (Å²) >= 11 is 0. The minimum atomic E-state index is -1.22. The van der Waals surface area contributed by atoms with E-state index in [2.05, 4.69) is 24.1 Å². The van der Waals surface area contributed by atoms with Crippen LogP contribution in [0.15, 0.2) is 12.3 Å². The van der Waals surface area contributed by atoms with Crippen molar-refractivity contribution >= 4 is 17.5 Å². The van der Waals surface area contributed by atoms with E-state index in [4.69, 9.17) is 0 Å². The number of nitrogens with zero attached hydrogens (tertiary/aromatic N) is 2. The lowest BCUT2D eigenvalue weighted by Crippen LogP contribution is -2.35. The van der Waals surface area contributed by atoms with Gasteiger partial charge in [0.2, 0.25) is 0 Å². The third-order valence-electron chi connectivity index (χ3n) is 4.34. The van der Waals surface area contributed by atoms with Gasteiger partial charge in [0.25, 0.3) is 5.69 Å². The van der Waals surface area contributed by atoms with Crippen molar-refractivity contribution in [1.82, 2.24) is 4.98 Å². The molecule has 2 rings (SSSR count). The number of aromatic carboxylic acids is 1. The summed E-state index contributed by atoms with van der Waals surface area (Å²) in [5.74, 6) is -0.0516. The third-order valence-corrected chi connectivity index (χ3v) is 4.34. The number of carbonyl (C=O) groups is 1. The van der Waals surface area contributed by atoms with E-state index in [1.165, 1.54) is 6.42 Å². The van der Waals surface area contributed by atoms with E-state index in [1.54, 1.807) is 0 Å². The van der Waals surface area contributed by atoms with Gasteiger partial charge in [-0.15, -0.1) is 0 Å². The smallest absolute Gasteiger partial charge is 0.339 e. The van der Waals surface area contributed by atoms with Gasteiger partial charge in [0, 0.05) is 12.1 Å². The van der Waals surface area contributed by atoms with E-state index >= 15 is 0 Å². The lowest BCUT2D eigenvalue weighted by atomic mass is 9.78. The monoisotopic (exact) mass is 293 g/mol. The topological polar surface area (TPSA) is 105 Å². The van der Waals surface area contributed by atoms with Crippen LogP contribution in [0, 0.1) is 22.0 Å². The minimum Gasteiger partial charge on any atom is -0.478 e. The Morgan fingerprint density at radius 2 is 2.19 bits per heavy atom. The zero-order chi connectivity index (χ0) is 15.6. The molecule has 0 bridgehead atoms. The van der Waals surface area contributed by atoms with Crippen LogP contribution in [0.2, 0.25) is 0 Å². The number of carboxylic acid groups (broad SMARTS) is 1. The van der Waals surface area contributed by atoms with Crippen LogP contribution in [0.25, 0.3) is 0 Å². The lowest BCUT2D eigenvalue weighted by molar-refractivity contribution is -0.385. The van der Waals surface area contributed by atoms with Gasteiger partial charge in [-0.1, -0.05) is 26.7 Å². The van der Waals surface area contributed by atoms with Gasteiger partial charge in [0.1, 0.15) is 17.6 Å². The van der Waals surface area contributed by atoms with E-state index in [9.17, 15) is 20.0 Å². The van der Waals surface area contributed by atoms with Crippen LogP contribution < -0.4 is 5.32 Å². The van der Waals surface area contributed by atoms with Gasteiger partial charge in [-0.25, -0.2) is 9.78 Å². The van der Waals surface area contributed by atoms with Gasteiger partial charge in [0.15, 0.2) is 0 Å². The number of pyridine rings is 1. The second-order valence-corrected chi connectivity index (χ2v) is 5.67. The zero-order valence-electron chi connectivity index (χ0n) is 12.1. The van der Waals surface area contributed by atoms with E-state index < -0.39 is 10.9 Å². The van der Waals surface area contributed by atoms with Crippen LogP contribution in [0.5, 0.6) is 0 Å². The van der Waals surface area contributed by atoms with E-state index in [0.29, 0.717) is 11.8 Å². The molecule has 1 heterocycles. The SMILES string of the molecule is CC1CCCC(Nc2ncc([N+](=O)[O-])cc2C(=O)O)C1C. The summed E-state index contributed by atoms with van der Waals surface area (Å²) in [7, 11) is 0. The predicted molar refractivity (Wildman–Crippen MR) is 77.4 cm³/mol. The van der Waals surface area contributed by atoms with Crippen molar-refractivity contribution < 1.29 is 14.8 Å². The quantitative estimate of drug-likeness (QED) is 0.653. The van der Waals surface area contributed by atoms with Crippen molar-refractivity contribution in [2.45, 2.75) is 39.2 Å². The Morgan fingerprint density at radius 1 is 1.48 bits per heavy atom. The number of hydrogen-bond acceptors (Lipinski definition) is 5. The van der Waals surface area contributed by atoms with Gasteiger partial charge in [-0.05, 0) is 18.3 Å². The first kappa shape index (κ1) is 15.2. The highest BCUT2D eigenvalue weighted by Crippen LogP contribution is 2.32. The number of nitrogens with one attached hydrogen (secondary N) is 1. The van der Waals surface area contributed by atoms with Crippen LogP contribution in [0.1, 0.15) is 43.5 Å². The molecule has 3 unspecified atom stereocenters. The molecule has 0 spiro atoms.